The molecule has 0 unspecified atom stereocenters. The van der Waals surface area contributed by atoms with E-state index < -0.39 is 36.6 Å². The second kappa shape index (κ2) is 18.7. The highest BCUT2D eigenvalue weighted by atomic mass is 35.5. The first kappa shape index (κ1) is 37.8. The molecular formula is C35H33Cl3N4O8. The molecule has 0 aliphatic carbocycles. The summed E-state index contributed by atoms with van der Waals surface area (Å²) in [6, 6.07) is 20.4. The number of hydrogen-bond acceptors (Lipinski definition) is 9. The number of aliphatic hydroxyl groups excluding tert-OH is 1. The van der Waals surface area contributed by atoms with Crippen LogP contribution in [0.4, 0.5) is 4.79 Å². The molecule has 0 spiro atoms. The van der Waals surface area contributed by atoms with Crippen molar-refractivity contribution in [3.63, 3.8) is 0 Å². The molecule has 0 radical (unpaired) electrons. The molecule has 0 bridgehead atoms. The van der Waals surface area contributed by atoms with Gasteiger partial charge in [-0.25, -0.2) is 10.2 Å². The second-order valence-electron chi connectivity index (χ2n) is 10.7. The predicted molar refractivity (Wildman–Crippen MR) is 189 cm³/mol. The number of rotatable bonds is 15. The number of nitrogens with one attached hydrogen (secondary N) is 3. The Labute approximate surface area is 302 Å². The van der Waals surface area contributed by atoms with Gasteiger partial charge in [-0.1, -0.05) is 83.3 Å². The van der Waals surface area contributed by atoms with Crippen molar-refractivity contribution in [2.75, 3.05) is 13.7 Å². The number of methoxy groups -OCH3 is 1. The minimum atomic E-state index is -1.43. The number of phenols is 1. The van der Waals surface area contributed by atoms with E-state index >= 15 is 0 Å². The summed E-state index contributed by atoms with van der Waals surface area (Å²) in [5.41, 5.74) is 4.83. The topological polar surface area (TPSA) is 168 Å². The number of aliphatic hydroxyl groups is 1. The van der Waals surface area contributed by atoms with Crippen molar-refractivity contribution in [1.82, 2.24) is 16.1 Å². The summed E-state index contributed by atoms with van der Waals surface area (Å²) >= 11 is 18.7. The van der Waals surface area contributed by atoms with Crippen LogP contribution in [0, 0.1) is 0 Å². The fraction of sp³-hybridized carbons (Fsp3) is 0.200. The molecule has 15 heteroatoms. The third kappa shape index (κ3) is 11.3. The van der Waals surface area contributed by atoms with Gasteiger partial charge in [0.25, 0.3) is 5.91 Å². The fourth-order valence-corrected chi connectivity index (χ4v) is 5.18. The fourth-order valence-electron chi connectivity index (χ4n) is 4.44. The molecule has 0 aromatic heterocycles. The first-order valence-corrected chi connectivity index (χ1v) is 16.1. The first-order chi connectivity index (χ1) is 24.1. The summed E-state index contributed by atoms with van der Waals surface area (Å²) in [5, 5.41) is 29.5. The average molecular weight is 744 g/mol. The summed E-state index contributed by atoms with van der Waals surface area (Å²) in [7, 11) is 1.44. The Bertz CT molecular complexity index is 1810. The number of halogens is 3. The number of nitrogens with zero attached hydrogens (tertiary/aromatic N) is 1. The minimum absolute atomic E-state index is 0.0150. The summed E-state index contributed by atoms with van der Waals surface area (Å²) in [5.74, 6) is -1.00. The van der Waals surface area contributed by atoms with Crippen molar-refractivity contribution < 1.29 is 38.8 Å². The minimum Gasteiger partial charge on any atom is -0.508 e. The Morgan fingerprint density at radius 1 is 0.840 bits per heavy atom. The van der Waals surface area contributed by atoms with Crippen LogP contribution >= 0.6 is 34.8 Å². The van der Waals surface area contributed by atoms with E-state index in [1.54, 1.807) is 66.7 Å². The van der Waals surface area contributed by atoms with E-state index in [0.29, 0.717) is 26.7 Å². The van der Waals surface area contributed by atoms with Gasteiger partial charge in [-0.05, 0) is 53.1 Å². The average Bonchev–Trinajstić information content (AvgIpc) is 3.10. The van der Waals surface area contributed by atoms with E-state index in [1.165, 1.54) is 25.5 Å². The lowest BCUT2D eigenvalue weighted by Gasteiger charge is -2.21. The molecule has 4 aromatic carbocycles. The normalized spacial score (nSPS) is 12.1. The van der Waals surface area contributed by atoms with E-state index in [9.17, 15) is 24.6 Å². The molecule has 4 rings (SSSR count). The first-order valence-electron chi connectivity index (χ1n) is 15.0. The summed E-state index contributed by atoms with van der Waals surface area (Å²) < 4.78 is 16.5. The number of carbonyl (C=O) groups excluding carboxylic acids is 3. The van der Waals surface area contributed by atoms with Crippen LogP contribution in [0.3, 0.4) is 0 Å². The SMILES string of the molecule is COc1cc(/C=N\NC(=O)[C@H](Cc2ccc(O)cc2)NC(=O)[C@H](CO)NC(=O)OCc2ccccc2)cc(Cl)c1OCc1ccc(Cl)cc1Cl. The van der Waals surface area contributed by atoms with Crippen LogP contribution < -0.4 is 25.5 Å². The number of hydrazone groups is 1. The number of amides is 3. The van der Waals surface area contributed by atoms with Gasteiger partial charge in [0, 0.05) is 22.0 Å². The highest BCUT2D eigenvalue weighted by molar-refractivity contribution is 6.35. The number of phenolic OH excluding ortho intramolecular Hbond substituents is 1. The van der Waals surface area contributed by atoms with Crippen LogP contribution in [0.2, 0.25) is 15.1 Å². The zero-order valence-electron chi connectivity index (χ0n) is 26.6. The van der Waals surface area contributed by atoms with Gasteiger partial charge in [-0.15, -0.1) is 0 Å². The van der Waals surface area contributed by atoms with Gasteiger partial charge in [-0.2, -0.15) is 5.10 Å². The predicted octanol–water partition coefficient (Wildman–Crippen LogP) is 5.40. The van der Waals surface area contributed by atoms with Crippen molar-refractivity contribution in [2.45, 2.75) is 31.7 Å². The maximum absolute atomic E-state index is 13.3. The van der Waals surface area contributed by atoms with E-state index in [0.717, 1.165) is 5.56 Å². The smallest absolute Gasteiger partial charge is 0.408 e. The Balaban J connectivity index is 1.42. The van der Waals surface area contributed by atoms with Crippen LogP contribution in [-0.2, 0) is 34.0 Å². The number of hydrogen-bond donors (Lipinski definition) is 5. The monoisotopic (exact) mass is 742 g/mol. The molecule has 0 saturated carbocycles. The Kier molecular flexibility index (Phi) is 14.1. The summed E-state index contributed by atoms with van der Waals surface area (Å²) in [6.07, 6.45) is 0.353. The maximum Gasteiger partial charge on any atom is 0.408 e. The molecule has 12 nitrogen and oxygen atoms in total. The van der Waals surface area contributed by atoms with Crippen molar-refractivity contribution in [3.8, 4) is 17.2 Å². The third-order valence-corrected chi connectivity index (χ3v) is 7.91. The number of alkyl carbamates (subject to hydrolysis) is 1. The lowest BCUT2D eigenvalue weighted by molar-refractivity contribution is -0.130. The molecule has 0 fully saturated rings. The highest BCUT2D eigenvalue weighted by Gasteiger charge is 2.27. The Hall–Kier alpha value is -5.01. The van der Waals surface area contributed by atoms with Crippen molar-refractivity contribution in [3.05, 3.63) is 122 Å². The number of benzene rings is 4. The van der Waals surface area contributed by atoms with Crippen molar-refractivity contribution in [2.24, 2.45) is 5.10 Å². The lowest BCUT2D eigenvalue weighted by Crippen LogP contribution is -2.55. The van der Waals surface area contributed by atoms with E-state index in [2.05, 4.69) is 21.2 Å². The van der Waals surface area contributed by atoms with Crippen LogP contribution in [0.5, 0.6) is 17.2 Å². The van der Waals surface area contributed by atoms with Crippen LogP contribution in [0.1, 0.15) is 22.3 Å². The zero-order chi connectivity index (χ0) is 36.0. The van der Waals surface area contributed by atoms with E-state index in [-0.39, 0.29) is 41.9 Å². The Morgan fingerprint density at radius 3 is 2.26 bits per heavy atom. The summed E-state index contributed by atoms with van der Waals surface area (Å²) in [6.45, 7) is -0.736. The van der Waals surface area contributed by atoms with Gasteiger partial charge in [0.15, 0.2) is 11.5 Å². The molecular weight excluding hydrogens is 711 g/mol. The molecule has 262 valence electrons. The van der Waals surface area contributed by atoms with Crippen LogP contribution in [-0.4, -0.2) is 60.1 Å². The standard InChI is InChI=1S/C35H33Cl3N4O8/c1-48-31-15-23(13-28(38)32(31)49-20-24-9-10-25(36)16-27(24)37)17-39-42-34(46)29(14-21-7-11-26(44)12-8-21)40-33(45)30(18-43)41-35(47)50-19-22-5-3-2-4-6-22/h2-13,15-17,29-30,43-44H,14,18-20H2,1H3,(H,40,45)(H,41,47)(H,42,46)/b39-17-/t29-,30-/m0/s1. The molecule has 0 aliphatic rings. The number of carbonyl (C=O) groups is 3. The van der Waals surface area contributed by atoms with Gasteiger partial charge >= 0.3 is 6.09 Å². The van der Waals surface area contributed by atoms with Crippen LogP contribution in [0.15, 0.2) is 90.0 Å². The number of aromatic hydroxyl groups is 1. The molecule has 0 heterocycles. The molecule has 3 amide bonds. The van der Waals surface area contributed by atoms with E-state index in [1.807, 2.05) is 6.07 Å². The maximum atomic E-state index is 13.3. The lowest BCUT2D eigenvalue weighted by atomic mass is 10.0. The summed E-state index contributed by atoms with van der Waals surface area (Å²) in [4.78, 5) is 38.7. The second-order valence-corrected chi connectivity index (χ2v) is 11.9. The molecule has 0 saturated heterocycles. The number of ether oxygens (including phenoxy) is 3. The Morgan fingerprint density at radius 2 is 1.58 bits per heavy atom. The van der Waals surface area contributed by atoms with Gasteiger partial charge in [-0.3, -0.25) is 9.59 Å². The largest absolute Gasteiger partial charge is 0.508 e. The van der Waals surface area contributed by atoms with Gasteiger partial charge in [0.05, 0.1) is 25.0 Å². The van der Waals surface area contributed by atoms with Gasteiger partial charge in [0.2, 0.25) is 5.91 Å². The molecule has 4 aromatic rings. The van der Waals surface area contributed by atoms with Crippen molar-refractivity contribution in [1.29, 1.82) is 0 Å². The van der Waals surface area contributed by atoms with Gasteiger partial charge < -0.3 is 35.1 Å². The third-order valence-electron chi connectivity index (χ3n) is 7.04. The molecule has 0 aliphatic heterocycles. The highest BCUT2D eigenvalue weighted by Crippen LogP contribution is 2.37. The zero-order valence-corrected chi connectivity index (χ0v) is 28.8. The van der Waals surface area contributed by atoms with Crippen LogP contribution in [0.25, 0.3) is 0 Å². The molecule has 5 N–H and O–H groups in total. The molecule has 2 atom stereocenters. The van der Waals surface area contributed by atoms with Crippen molar-refractivity contribution >= 4 is 58.9 Å². The quantitative estimate of drug-likeness (QED) is 0.0797. The van der Waals surface area contributed by atoms with Gasteiger partial charge in [0.1, 0.15) is 31.0 Å². The molecule has 50 heavy (non-hydrogen) atoms. The van der Waals surface area contributed by atoms with E-state index in [4.69, 9.17) is 49.0 Å².